The van der Waals surface area contributed by atoms with Gasteiger partial charge in [-0.15, -0.1) is 0 Å². The summed E-state index contributed by atoms with van der Waals surface area (Å²) in [5.74, 6) is -1.13. The second kappa shape index (κ2) is 5.12. The number of hydrogen-bond donors (Lipinski definition) is 1. The van der Waals surface area contributed by atoms with Gasteiger partial charge in [-0.2, -0.15) is 5.26 Å². The molecule has 0 atom stereocenters. The number of rotatable bonds is 3. The van der Waals surface area contributed by atoms with Gasteiger partial charge in [0.25, 0.3) is 0 Å². The molecule has 1 aromatic rings. The van der Waals surface area contributed by atoms with E-state index in [1.54, 1.807) is 12.3 Å². The van der Waals surface area contributed by atoms with E-state index in [0.29, 0.717) is 10.7 Å². The maximum absolute atomic E-state index is 10.8. The van der Waals surface area contributed by atoms with Gasteiger partial charge < -0.3 is 5.11 Å². The first-order valence-corrected chi connectivity index (χ1v) is 5.12. The molecule has 5 nitrogen and oxygen atoms in total. The van der Waals surface area contributed by atoms with E-state index >= 15 is 0 Å². The quantitative estimate of drug-likeness (QED) is 0.472. The second-order valence-corrected chi connectivity index (χ2v) is 3.20. The summed E-state index contributed by atoms with van der Waals surface area (Å²) in [5, 5.41) is 17.6. The Bertz CT molecular complexity index is 451. The number of carbonyl (C=O) groups is 1. The highest BCUT2D eigenvalue weighted by molar-refractivity contribution is 7.98. The number of nitrogens with zero attached hydrogens (tertiary/aromatic N) is 3. The summed E-state index contributed by atoms with van der Waals surface area (Å²) in [6.07, 6.45) is 5.69. The van der Waals surface area contributed by atoms with Gasteiger partial charge in [-0.25, -0.2) is 14.8 Å². The molecule has 0 fully saturated rings. The molecule has 0 aromatic carbocycles. The zero-order valence-electron chi connectivity index (χ0n) is 7.84. The van der Waals surface area contributed by atoms with Gasteiger partial charge in [-0.05, 0) is 12.3 Å². The molecule has 6 heteroatoms. The molecule has 1 aromatic heterocycles. The molecular formula is C9H7N3O2S. The van der Waals surface area contributed by atoms with Crippen LogP contribution in [0.15, 0.2) is 17.4 Å². The van der Waals surface area contributed by atoms with Gasteiger partial charge >= 0.3 is 5.97 Å². The third-order valence-corrected chi connectivity index (χ3v) is 2.08. The molecule has 15 heavy (non-hydrogen) atoms. The number of carboxylic acid groups (broad SMARTS) is 1. The van der Waals surface area contributed by atoms with E-state index in [1.807, 2.05) is 0 Å². The maximum atomic E-state index is 10.8. The standard InChI is InChI=1S/C9H7N3O2S/c1-15-9-11-5-6(3-2-4-10)7(12-9)8(13)14/h2-3,5H,1H3,(H,13,14). The van der Waals surface area contributed by atoms with Gasteiger partial charge in [0, 0.05) is 17.8 Å². The zero-order valence-corrected chi connectivity index (χ0v) is 8.65. The Kier molecular flexibility index (Phi) is 3.83. The minimum absolute atomic E-state index is 0.0964. The van der Waals surface area contributed by atoms with Crippen LogP contribution in [0, 0.1) is 11.3 Å². The van der Waals surface area contributed by atoms with Crippen molar-refractivity contribution in [3.05, 3.63) is 23.5 Å². The van der Waals surface area contributed by atoms with Crippen molar-refractivity contribution in [1.82, 2.24) is 9.97 Å². The van der Waals surface area contributed by atoms with Gasteiger partial charge in [0.05, 0.1) is 6.07 Å². The smallest absolute Gasteiger partial charge is 0.355 e. The molecule has 0 radical (unpaired) electrons. The first-order chi connectivity index (χ1) is 7.19. The van der Waals surface area contributed by atoms with Crippen LogP contribution in [0.25, 0.3) is 6.08 Å². The molecular weight excluding hydrogens is 214 g/mol. The van der Waals surface area contributed by atoms with Gasteiger partial charge in [0.1, 0.15) is 0 Å². The lowest BCUT2D eigenvalue weighted by molar-refractivity contribution is 0.0689. The number of aromatic nitrogens is 2. The van der Waals surface area contributed by atoms with Crippen molar-refractivity contribution in [3.63, 3.8) is 0 Å². The second-order valence-electron chi connectivity index (χ2n) is 2.43. The van der Waals surface area contributed by atoms with E-state index in [-0.39, 0.29) is 5.69 Å². The van der Waals surface area contributed by atoms with Crippen LogP contribution < -0.4 is 0 Å². The topological polar surface area (TPSA) is 86.9 Å². The molecule has 0 saturated heterocycles. The molecule has 0 aliphatic heterocycles. The van der Waals surface area contributed by atoms with E-state index in [1.165, 1.54) is 30.1 Å². The van der Waals surface area contributed by atoms with Crippen molar-refractivity contribution in [1.29, 1.82) is 5.26 Å². The Balaban J connectivity index is 3.22. The molecule has 1 rings (SSSR count). The number of thioether (sulfide) groups is 1. The third kappa shape index (κ3) is 2.79. The van der Waals surface area contributed by atoms with Gasteiger partial charge in [0.2, 0.25) is 0 Å². The minimum Gasteiger partial charge on any atom is -0.476 e. The molecule has 0 aliphatic rings. The van der Waals surface area contributed by atoms with Crippen LogP contribution in [0.2, 0.25) is 0 Å². The average Bonchev–Trinajstić information content (AvgIpc) is 2.26. The largest absolute Gasteiger partial charge is 0.476 e. The number of carboxylic acids is 1. The average molecular weight is 221 g/mol. The molecule has 0 bridgehead atoms. The van der Waals surface area contributed by atoms with Crippen LogP contribution in [0.4, 0.5) is 0 Å². The van der Waals surface area contributed by atoms with Crippen molar-refractivity contribution in [2.75, 3.05) is 6.26 Å². The Hall–Kier alpha value is -1.87. The summed E-state index contributed by atoms with van der Waals surface area (Å²) < 4.78 is 0. The van der Waals surface area contributed by atoms with Crippen LogP contribution in [0.3, 0.4) is 0 Å². The van der Waals surface area contributed by atoms with E-state index in [9.17, 15) is 4.79 Å². The van der Waals surface area contributed by atoms with Crippen LogP contribution in [-0.2, 0) is 0 Å². The van der Waals surface area contributed by atoms with E-state index in [0.717, 1.165) is 0 Å². The highest BCUT2D eigenvalue weighted by atomic mass is 32.2. The van der Waals surface area contributed by atoms with Crippen molar-refractivity contribution >= 4 is 23.8 Å². The van der Waals surface area contributed by atoms with Crippen molar-refractivity contribution in [3.8, 4) is 6.07 Å². The van der Waals surface area contributed by atoms with Gasteiger partial charge in [-0.3, -0.25) is 0 Å². The number of nitriles is 1. The Morgan fingerprint density at radius 3 is 3.00 bits per heavy atom. The Morgan fingerprint density at radius 1 is 1.73 bits per heavy atom. The number of allylic oxidation sites excluding steroid dienone is 1. The van der Waals surface area contributed by atoms with E-state index < -0.39 is 5.97 Å². The van der Waals surface area contributed by atoms with Crippen LogP contribution in [-0.4, -0.2) is 27.3 Å². The first kappa shape index (κ1) is 11.2. The third-order valence-electron chi connectivity index (χ3n) is 1.52. The number of hydrogen-bond acceptors (Lipinski definition) is 5. The summed E-state index contributed by atoms with van der Waals surface area (Å²) in [6.45, 7) is 0. The lowest BCUT2D eigenvalue weighted by Gasteiger charge is -2.00. The fourth-order valence-electron chi connectivity index (χ4n) is 0.894. The fraction of sp³-hybridized carbons (Fsp3) is 0.111. The monoisotopic (exact) mass is 221 g/mol. The summed E-state index contributed by atoms with van der Waals surface area (Å²) >= 11 is 1.26. The van der Waals surface area contributed by atoms with E-state index in [4.69, 9.17) is 10.4 Å². The molecule has 1 N–H and O–H groups in total. The molecule has 0 saturated carbocycles. The highest BCUT2D eigenvalue weighted by Crippen LogP contribution is 2.13. The predicted octanol–water partition coefficient (Wildman–Crippen LogP) is 1.43. The lowest BCUT2D eigenvalue weighted by atomic mass is 10.2. The van der Waals surface area contributed by atoms with Crippen molar-refractivity contribution < 1.29 is 9.90 Å². The van der Waals surface area contributed by atoms with Crippen LogP contribution >= 0.6 is 11.8 Å². The lowest BCUT2D eigenvalue weighted by Crippen LogP contribution is -2.05. The zero-order chi connectivity index (χ0) is 11.3. The Morgan fingerprint density at radius 2 is 2.47 bits per heavy atom. The molecule has 76 valence electrons. The first-order valence-electron chi connectivity index (χ1n) is 3.89. The predicted molar refractivity (Wildman–Crippen MR) is 55.4 cm³/mol. The fourth-order valence-corrected chi connectivity index (χ4v) is 1.23. The van der Waals surface area contributed by atoms with Crippen LogP contribution in [0.1, 0.15) is 16.1 Å². The minimum atomic E-state index is -1.13. The van der Waals surface area contributed by atoms with Crippen molar-refractivity contribution in [2.45, 2.75) is 5.16 Å². The molecule has 0 aliphatic carbocycles. The molecule has 0 amide bonds. The Labute approximate surface area is 90.5 Å². The molecule has 0 unspecified atom stereocenters. The summed E-state index contributed by atoms with van der Waals surface area (Å²) in [4.78, 5) is 18.6. The van der Waals surface area contributed by atoms with Gasteiger partial charge in [0.15, 0.2) is 10.9 Å². The maximum Gasteiger partial charge on any atom is 0.355 e. The molecule has 1 heterocycles. The number of aromatic carboxylic acids is 1. The summed E-state index contributed by atoms with van der Waals surface area (Å²) in [6, 6.07) is 1.78. The van der Waals surface area contributed by atoms with Crippen LogP contribution in [0.5, 0.6) is 0 Å². The summed E-state index contributed by atoms with van der Waals surface area (Å²) in [5.41, 5.74) is 0.225. The SMILES string of the molecule is CSc1ncc(C=CC#N)c(C(=O)O)n1. The normalized spacial score (nSPS) is 10.1. The highest BCUT2D eigenvalue weighted by Gasteiger charge is 2.11. The van der Waals surface area contributed by atoms with Gasteiger partial charge in [-0.1, -0.05) is 11.8 Å². The van der Waals surface area contributed by atoms with Crippen molar-refractivity contribution in [2.24, 2.45) is 0 Å². The summed E-state index contributed by atoms with van der Waals surface area (Å²) in [7, 11) is 0. The molecule has 0 spiro atoms. The van der Waals surface area contributed by atoms with E-state index in [2.05, 4.69) is 9.97 Å².